The molecule has 1 fully saturated rings. The molecular weight excluding hydrogens is 240 g/mol. The quantitative estimate of drug-likeness (QED) is 0.845. The molecule has 0 atom stereocenters. The minimum absolute atomic E-state index is 0.204. The molecule has 4 nitrogen and oxygen atoms in total. The highest BCUT2D eigenvalue weighted by molar-refractivity contribution is 5.84. The summed E-state index contributed by atoms with van der Waals surface area (Å²) in [4.78, 5) is 14.5. The van der Waals surface area contributed by atoms with Crippen LogP contribution in [0.4, 0.5) is 0 Å². The Balaban J connectivity index is 1.80. The standard InChI is InChI=1S/C15H20N2O2/c16-10-15(5-1-6-15)14(19)17-7-4-11-2-3-13(18)8-12(11)9-17/h2-3,8,18H,1,4-7,9-10,16H2. The third kappa shape index (κ3) is 2.00. The van der Waals surface area contributed by atoms with Gasteiger partial charge in [0.05, 0.1) is 5.41 Å². The zero-order valence-corrected chi connectivity index (χ0v) is 11.1. The first-order valence-corrected chi connectivity index (χ1v) is 6.95. The van der Waals surface area contributed by atoms with Gasteiger partial charge in [-0.3, -0.25) is 4.79 Å². The molecule has 4 heteroatoms. The van der Waals surface area contributed by atoms with E-state index in [0.29, 0.717) is 13.1 Å². The number of aromatic hydroxyl groups is 1. The Morgan fingerprint density at radius 2 is 2.16 bits per heavy atom. The molecule has 1 heterocycles. The molecule has 0 aromatic heterocycles. The van der Waals surface area contributed by atoms with E-state index in [-0.39, 0.29) is 17.1 Å². The second-order valence-corrected chi connectivity index (χ2v) is 5.77. The van der Waals surface area contributed by atoms with Crippen LogP contribution in [0.25, 0.3) is 0 Å². The Kier molecular flexibility index (Phi) is 2.97. The SMILES string of the molecule is NCC1(C(=O)N2CCc3ccc(O)cc3C2)CCC1. The van der Waals surface area contributed by atoms with E-state index in [9.17, 15) is 9.90 Å². The molecule has 0 spiro atoms. The number of carbonyl (C=O) groups is 1. The first-order valence-electron chi connectivity index (χ1n) is 6.95. The highest BCUT2D eigenvalue weighted by Crippen LogP contribution is 2.42. The number of phenols is 1. The van der Waals surface area contributed by atoms with Crippen LogP contribution in [0.15, 0.2) is 18.2 Å². The Bertz CT molecular complexity index is 503. The van der Waals surface area contributed by atoms with Crippen LogP contribution in [-0.2, 0) is 17.8 Å². The number of hydrogen-bond donors (Lipinski definition) is 2. The molecule has 0 unspecified atom stereocenters. The number of hydrogen-bond acceptors (Lipinski definition) is 3. The summed E-state index contributed by atoms with van der Waals surface area (Å²) in [6.07, 6.45) is 3.81. The first-order chi connectivity index (χ1) is 9.14. The first kappa shape index (κ1) is 12.5. The highest BCUT2D eigenvalue weighted by Gasteiger charge is 2.45. The van der Waals surface area contributed by atoms with E-state index in [1.54, 1.807) is 12.1 Å². The molecule has 2 aliphatic rings. The summed E-state index contributed by atoms with van der Waals surface area (Å²) in [6.45, 7) is 1.82. The van der Waals surface area contributed by atoms with Crippen LogP contribution < -0.4 is 5.73 Å². The van der Waals surface area contributed by atoms with Gasteiger partial charge in [0.25, 0.3) is 0 Å². The monoisotopic (exact) mass is 260 g/mol. The Labute approximate surface area is 113 Å². The molecule has 1 aromatic carbocycles. The second kappa shape index (κ2) is 4.53. The van der Waals surface area contributed by atoms with Gasteiger partial charge < -0.3 is 15.7 Å². The van der Waals surface area contributed by atoms with E-state index in [1.165, 1.54) is 5.56 Å². The highest BCUT2D eigenvalue weighted by atomic mass is 16.3. The number of phenolic OH excluding ortho intramolecular Hbond substituents is 1. The number of rotatable bonds is 2. The van der Waals surface area contributed by atoms with E-state index < -0.39 is 0 Å². The Morgan fingerprint density at radius 3 is 2.79 bits per heavy atom. The lowest BCUT2D eigenvalue weighted by atomic mass is 9.67. The van der Waals surface area contributed by atoms with Gasteiger partial charge in [-0.2, -0.15) is 0 Å². The molecule has 1 saturated carbocycles. The predicted octanol–water partition coefficient (Wildman–Crippen LogP) is 1.41. The minimum Gasteiger partial charge on any atom is -0.508 e. The molecule has 1 aliphatic heterocycles. The maximum atomic E-state index is 12.6. The van der Waals surface area contributed by atoms with Crippen molar-refractivity contribution < 1.29 is 9.90 Å². The zero-order chi connectivity index (χ0) is 13.5. The van der Waals surface area contributed by atoms with Crippen LogP contribution in [0, 0.1) is 5.41 Å². The van der Waals surface area contributed by atoms with Crippen molar-refractivity contribution in [2.45, 2.75) is 32.2 Å². The van der Waals surface area contributed by atoms with Crippen molar-refractivity contribution in [1.29, 1.82) is 0 Å². The zero-order valence-electron chi connectivity index (χ0n) is 11.1. The van der Waals surface area contributed by atoms with Crippen LogP contribution in [0.2, 0.25) is 0 Å². The summed E-state index contributed by atoms with van der Waals surface area (Å²) in [5.74, 6) is 0.473. The smallest absolute Gasteiger partial charge is 0.230 e. The van der Waals surface area contributed by atoms with Crippen molar-refractivity contribution in [2.75, 3.05) is 13.1 Å². The molecule has 1 amide bonds. The molecule has 0 bridgehead atoms. The molecule has 19 heavy (non-hydrogen) atoms. The minimum atomic E-state index is -0.297. The Hall–Kier alpha value is -1.55. The van der Waals surface area contributed by atoms with Gasteiger partial charge in [-0.05, 0) is 42.5 Å². The maximum Gasteiger partial charge on any atom is 0.230 e. The van der Waals surface area contributed by atoms with E-state index in [2.05, 4.69) is 0 Å². The number of nitrogens with two attached hydrogens (primary N) is 1. The summed E-state index contributed by atoms with van der Waals surface area (Å²) in [5.41, 5.74) is 7.81. The Morgan fingerprint density at radius 1 is 1.37 bits per heavy atom. The second-order valence-electron chi connectivity index (χ2n) is 5.77. The summed E-state index contributed by atoms with van der Waals surface area (Å²) in [7, 11) is 0. The fourth-order valence-corrected chi connectivity index (χ4v) is 3.16. The van der Waals surface area contributed by atoms with Crippen LogP contribution in [-0.4, -0.2) is 29.0 Å². The van der Waals surface area contributed by atoms with Crippen LogP contribution in [0.1, 0.15) is 30.4 Å². The summed E-state index contributed by atoms with van der Waals surface area (Å²) >= 11 is 0. The molecule has 3 rings (SSSR count). The van der Waals surface area contributed by atoms with E-state index in [4.69, 9.17) is 5.73 Å². The van der Waals surface area contributed by atoms with Crippen LogP contribution >= 0.6 is 0 Å². The lowest BCUT2D eigenvalue weighted by molar-refractivity contribution is -0.147. The average molecular weight is 260 g/mol. The van der Waals surface area contributed by atoms with Gasteiger partial charge in [0.15, 0.2) is 0 Å². The number of carbonyl (C=O) groups excluding carboxylic acids is 1. The maximum absolute atomic E-state index is 12.6. The van der Waals surface area contributed by atoms with Gasteiger partial charge in [-0.15, -0.1) is 0 Å². The van der Waals surface area contributed by atoms with Gasteiger partial charge in [0.2, 0.25) is 5.91 Å². The summed E-state index contributed by atoms with van der Waals surface area (Å²) in [5, 5.41) is 9.55. The molecule has 102 valence electrons. The molecule has 0 radical (unpaired) electrons. The predicted molar refractivity (Wildman–Crippen MR) is 72.6 cm³/mol. The summed E-state index contributed by atoms with van der Waals surface area (Å²) < 4.78 is 0. The third-order valence-corrected chi connectivity index (χ3v) is 4.64. The third-order valence-electron chi connectivity index (χ3n) is 4.64. The van der Waals surface area contributed by atoms with Crippen molar-refractivity contribution >= 4 is 5.91 Å². The normalized spacial score (nSPS) is 20.6. The van der Waals surface area contributed by atoms with Crippen molar-refractivity contribution in [3.05, 3.63) is 29.3 Å². The van der Waals surface area contributed by atoms with Crippen LogP contribution in [0.5, 0.6) is 5.75 Å². The molecule has 1 aromatic rings. The van der Waals surface area contributed by atoms with Gasteiger partial charge >= 0.3 is 0 Å². The van der Waals surface area contributed by atoms with Gasteiger partial charge in [-0.25, -0.2) is 0 Å². The molecule has 0 saturated heterocycles. The largest absolute Gasteiger partial charge is 0.508 e. The fraction of sp³-hybridized carbons (Fsp3) is 0.533. The fourth-order valence-electron chi connectivity index (χ4n) is 3.16. The molecule has 3 N–H and O–H groups in total. The number of benzene rings is 1. The van der Waals surface area contributed by atoms with Crippen molar-refractivity contribution in [2.24, 2.45) is 11.1 Å². The summed E-state index contributed by atoms with van der Waals surface area (Å²) in [6, 6.07) is 5.43. The molecule has 1 aliphatic carbocycles. The van der Waals surface area contributed by atoms with Gasteiger partial charge in [-0.1, -0.05) is 12.5 Å². The van der Waals surface area contributed by atoms with Crippen molar-refractivity contribution in [1.82, 2.24) is 4.90 Å². The van der Waals surface area contributed by atoms with Gasteiger partial charge in [0, 0.05) is 19.6 Å². The lowest BCUT2D eigenvalue weighted by Gasteiger charge is -2.44. The number of nitrogens with zero attached hydrogens (tertiary/aromatic N) is 1. The van der Waals surface area contributed by atoms with E-state index in [0.717, 1.165) is 37.8 Å². The van der Waals surface area contributed by atoms with Crippen molar-refractivity contribution in [3.8, 4) is 5.75 Å². The molecular formula is C15H20N2O2. The number of fused-ring (bicyclic) bond motifs is 1. The lowest BCUT2D eigenvalue weighted by Crippen LogP contribution is -2.52. The van der Waals surface area contributed by atoms with Gasteiger partial charge in [0.1, 0.15) is 5.75 Å². The average Bonchev–Trinajstić information content (AvgIpc) is 2.37. The topological polar surface area (TPSA) is 66.6 Å². The number of amides is 1. The van der Waals surface area contributed by atoms with E-state index in [1.807, 2.05) is 11.0 Å². The van der Waals surface area contributed by atoms with Crippen molar-refractivity contribution in [3.63, 3.8) is 0 Å². The van der Waals surface area contributed by atoms with Crippen LogP contribution in [0.3, 0.4) is 0 Å². The van der Waals surface area contributed by atoms with E-state index >= 15 is 0 Å².